The van der Waals surface area contributed by atoms with Crippen LogP contribution in [0.25, 0.3) is 21.8 Å². The number of nitrogens with one attached hydrogen (secondary N) is 2. The summed E-state index contributed by atoms with van der Waals surface area (Å²) in [7, 11) is 0. The molecule has 0 saturated carbocycles. The highest BCUT2D eigenvalue weighted by molar-refractivity contribution is 5.90. The number of H-pyrrole nitrogens is 1. The van der Waals surface area contributed by atoms with Gasteiger partial charge in [-0.1, -0.05) is 36.4 Å². The maximum absolute atomic E-state index is 4.48. The van der Waals surface area contributed by atoms with E-state index in [1.54, 1.807) is 0 Å². The molecule has 0 radical (unpaired) electrons. The number of aromatic amines is 1. The minimum Gasteiger partial charge on any atom is -0.379 e. The molecular weight excluding hydrogens is 258 g/mol. The van der Waals surface area contributed by atoms with Crippen molar-refractivity contribution in [1.82, 2.24) is 9.97 Å². The van der Waals surface area contributed by atoms with Crippen molar-refractivity contribution in [2.45, 2.75) is 6.54 Å². The largest absolute Gasteiger partial charge is 0.379 e. The fourth-order valence-corrected chi connectivity index (χ4v) is 2.73. The van der Waals surface area contributed by atoms with Crippen molar-refractivity contribution in [3.05, 3.63) is 72.6 Å². The molecule has 4 aromatic rings. The number of fused-ring (bicyclic) bond motifs is 2. The van der Waals surface area contributed by atoms with Crippen molar-refractivity contribution in [3.8, 4) is 0 Å². The number of aromatic nitrogens is 2. The Morgan fingerprint density at radius 1 is 0.905 bits per heavy atom. The maximum Gasteiger partial charge on any atom is 0.0933 e. The van der Waals surface area contributed by atoms with Gasteiger partial charge in [0.2, 0.25) is 0 Å². The summed E-state index contributed by atoms with van der Waals surface area (Å²) in [5, 5.41) is 5.90. The number of hydrogen-bond acceptors (Lipinski definition) is 2. The van der Waals surface area contributed by atoms with Gasteiger partial charge in [-0.25, -0.2) is 0 Å². The van der Waals surface area contributed by atoms with E-state index in [1.165, 1.54) is 16.5 Å². The van der Waals surface area contributed by atoms with Gasteiger partial charge in [0, 0.05) is 24.3 Å². The first-order chi connectivity index (χ1) is 10.4. The lowest BCUT2D eigenvalue weighted by Crippen LogP contribution is -2.01. The van der Waals surface area contributed by atoms with Gasteiger partial charge in [-0.05, 0) is 29.1 Å². The zero-order valence-corrected chi connectivity index (χ0v) is 11.5. The molecule has 21 heavy (non-hydrogen) atoms. The van der Waals surface area contributed by atoms with Gasteiger partial charge in [-0.3, -0.25) is 4.98 Å². The van der Waals surface area contributed by atoms with E-state index in [9.17, 15) is 0 Å². The van der Waals surface area contributed by atoms with Crippen LogP contribution in [0.5, 0.6) is 0 Å². The van der Waals surface area contributed by atoms with Crippen molar-refractivity contribution in [2.24, 2.45) is 0 Å². The molecule has 0 spiro atoms. The Bertz CT molecular complexity index is 903. The fourth-order valence-electron chi connectivity index (χ4n) is 2.73. The van der Waals surface area contributed by atoms with Crippen LogP contribution in [0.1, 0.15) is 5.56 Å². The number of rotatable bonds is 3. The highest BCUT2D eigenvalue weighted by Crippen LogP contribution is 2.23. The smallest absolute Gasteiger partial charge is 0.0933 e. The number of para-hydroxylation sites is 2. The lowest BCUT2D eigenvalue weighted by Gasteiger charge is -2.10. The summed E-state index contributed by atoms with van der Waals surface area (Å²) in [4.78, 5) is 7.78. The Morgan fingerprint density at radius 3 is 2.76 bits per heavy atom. The topological polar surface area (TPSA) is 40.7 Å². The van der Waals surface area contributed by atoms with Gasteiger partial charge >= 0.3 is 0 Å². The molecule has 2 heterocycles. The number of anilines is 1. The van der Waals surface area contributed by atoms with Crippen LogP contribution in [0, 0.1) is 0 Å². The third-order valence-corrected chi connectivity index (χ3v) is 3.78. The van der Waals surface area contributed by atoms with Crippen molar-refractivity contribution < 1.29 is 0 Å². The summed E-state index contributed by atoms with van der Waals surface area (Å²) in [6.45, 7) is 0.771. The summed E-state index contributed by atoms with van der Waals surface area (Å²) in [6, 6.07) is 18.7. The first kappa shape index (κ1) is 12.0. The molecule has 2 N–H and O–H groups in total. The highest BCUT2D eigenvalue weighted by Gasteiger charge is 2.04. The molecule has 0 aliphatic rings. The van der Waals surface area contributed by atoms with E-state index < -0.39 is 0 Å². The first-order valence-corrected chi connectivity index (χ1v) is 7.04. The zero-order chi connectivity index (χ0) is 14.1. The number of hydrogen-bond donors (Lipinski definition) is 2. The SMILES string of the molecule is c1cnc2c(NCc3cccc4cc[nH]c34)cccc2c1. The standard InChI is InChI=1S/C18H15N3/c1-4-14-9-11-20-17(14)15(6-1)12-21-16-8-2-5-13-7-3-10-19-18(13)16/h1-11,20-21H,12H2. The van der Waals surface area contributed by atoms with Gasteiger partial charge in [0.05, 0.1) is 16.7 Å². The average molecular weight is 273 g/mol. The van der Waals surface area contributed by atoms with Gasteiger partial charge in [0.15, 0.2) is 0 Å². The van der Waals surface area contributed by atoms with Gasteiger partial charge in [0.1, 0.15) is 0 Å². The predicted molar refractivity (Wildman–Crippen MR) is 87.4 cm³/mol. The Balaban J connectivity index is 1.68. The van der Waals surface area contributed by atoms with Crippen LogP contribution in [0.4, 0.5) is 5.69 Å². The lowest BCUT2D eigenvalue weighted by atomic mass is 10.1. The Kier molecular flexibility index (Phi) is 2.82. The Morgan fingerprint density at radius 2 is 1.76 bits per heavy atom. The fraction of sp³-hybridized carbons (Fsp3) is 0.0556. The average Bonchev–Trinajstić information content (AvgIpc) is 3.02. The van der Waals surface area contributed by atoms with Crippen molar-refractivity contribution in [1.29, 1.82) is 0 Å². The molecule has 2 aromatic heterocycles. The van der Waals surface area contributed by atoms with E-state index >= 15 is 0 Å². The molecule has 2 aromatic carbocycles. The van der Waals surface area contributed by atoms with Crippen LogP contribution < -0.4 is 5.32 Å². The van der Waals surface area contributed by atoms with E-state index in [1.807, 2.05) is 18.5 Å². The van der Waals surface area contributed by atoms with E-state index in [-0.39, 0.29) is 0 Å². The molecule has 0 atom stereocenters. The van der Waals surface area contributed by atoms with E-state index in [2.05, 4.69) is 63.8 Å². The molecule has 3 nitrogen and oxygen atoms in total. The maximum atomic E-state index is 4.48. The van der Waals surface area contributed by atoms with Crippen LogP contribution in [0.2, 0.25) is 0 Å². The van der Waals surface area contributed by atoms with Crippen LogP contribution in [0.3, 0.4) is 0 Å². The first-order valence-electron chi connectivity index (χ1n) is 7.04. The summed E-state index contributed by atoms with van der Waals surface area (Å²) in [5.74, 6) is 0. The van der Waals surface area contributed by atoms with E-state index in [0.717, 1.165) is 23.1 Å². The van der Waals surface area contributed by atoms with E-state index in [4.69, 9.17) is 0 Å². The predicted octanol–water partition coefficient (Wildman–Crippen LogP) is 4.33. The number of benzene rings is 2. The van der Waals surface area contributed by atoms with Gasteiger partial charge in [-0.2, -0.15) is 0 Å². The highest BCUT2D eigenvalue weighted by atomic mass is 14.9. The Labute approximate surface area is 122 Å². The van der Waals surface area contributed by atoms with Crippen LogP contribution >= 0.6 is 0 Å². The minimum atomic E-state index is 0.771. The normalized spacial score (nSPS) is 11.0. The molecule has 4 rings (SSSR count). The molecule has 102 valence electrons. The van der Waals surface area contributed by atoms with Crippen LogP contribution in [-0.2, 0) is 6.54 Å². The molecule has 0 bridgehead atoms. The third-order valence-electron chi connectivity index (χ3n) is 3.78. The number of pyridine rings is 1. The van der Waals surface area contributed by atoms with Gasteiger partial charge in [0.25, 0.3) is 0 Å². The monoisotopic (exact) mass is 273 g/mol. The summed E-state index contributed by atoms with van der Waals surface area (Å²) in [5.41, 5.74) is 4.53. The minimum absolute atomic E-state index is 0.771. The molecule has 0 amide bonds. The second-order valence-corrected chi connectivity index (χ2v) is 5.09. The summed E-state index contributed by atoms with van der Waals surface area (Å²) in [6.07, 6.45) is 3.81. The molecule has 0 aliphatic heterocycles. The molecule has 0 fully saturated rings. The molecule has 0 saturated heterocycles. The molecule has 3 heteroatoms. The van der Waals surface area contributed by atoms with E-state index in [0.29, 0.717) is 0 Å². The number of nitrogens with zero attached hydrogens (tertiary/aromatic N) is 1. The third kappa shape index (κ3) is 2.13. The summed E-state index contributed by atoms with van der Waals surface area (Å²) >= 11 is 0. The molecule has 0 unspecified atom stereocenters. The second kappa shape index (κ2) is 4.94. The van der Waals surface area contributed by atoms with Gasteiger partial charge < -0.3 is 10.3 Å². The van der Waals surface area contributed by atoms with Crippen LogP contribution in [0.15, 0.2) is 67.0 Å². The second-order valence-electron chi connectivity index (χ2n) is 5.09. The van der Waals surface area contributed by atoms with Crippen molar-refractivity contribution in [2.75, 3.05) is 5.32 Å². The van der Waals surface area contributed by atoms with Gasteiger partial charge in [-0.15, -0.1) is 0 Å². The zero-order valence-electron chi connectivity index (χ0n) is 11.5. The molecular formula is C18H15N3. The van der Waals surface area contributed by atoms with Crippen molar-refractivity contribution in [3.63, 3.8) is 0 Å². The van der Waals surface area contributed by atoms with Crippen molar-refractivity contribution >= 4 is 27.5 Å². The van der Waals surface area contributed by atoms with Crippen LogP contribution in [-0.4, -0.2) is 9.97 Å². The Hall–Kier alpha value is -2.81. The quantitative estimate of drug-likeness (QED) is 0.583. The molecule has 0 aliphatic carbocycles. The lowest BCUT2D eigenvalue weighted by molar-refractivity contribution is 1.16. The summed E-state index contributed by atoms with van der Waals surface area (Å²) < 4.78 is 0.